The highest BCUT2D eigenvalue weighted by Crippen LogP contribution is 2.23. The number of guanidine groups is 1. The summed E-state index contributed by atoms with van der Waals surface area (Å²) < 4.78 is 37.2. The van der Waals surface area contributed by atoms with Crippen molar-refractivity contribution in [3.8, 4) is 0 Å². The fourth-order valence-corrected chi connectivity index (χ4v) is 2.79. The Bertz CT molecular complexity index is 446. The van der Waals surface area contributed by atoms with Crippen molar-refractivity contribution in [1.82, 2.24) is 20.4 Å². The van der Waals surface area contributed by atoms with Crippen LogP contribution in [-0.2, 0) is 4.79 Å². The molecular weight excluding hydrogens is 347 g/mol. The van der Waals surface area contributed by atoms with Crippen molar-refractivity contribution < 1.29 is 18.0 Å². The first-order valence-electron chi connectivity index (χ1n) is 9.22. The standard InChI is InChI=1S/C17H32F3N5O/c1-4-8-21-16(23-12-15(26)24(2)3)22-9-5-14-6-10-25(11-7-14)13-17(18,19)20/h14H,4-13H2,1-3H3,(H2,21,22,23). The van der Waals surface area contributed by atoms with Crippen molar-refractivity contribution in [2.45, 2.75) is 38.8 Å². The van der Waals surface area contributed by atoms with Gasteiger partial charge in [-0.1, -0.05) is 6.92 Å². The van der Waals surface area contributed by atoms with Crippen LogP contribution in [0.4, 0.5) is 13.2 Å². The van der Waals surface area contributed by atoms with Gasteiger partial charge in [-0.25, -0.2) is 4.99 Å². The summed E-state index contributed by atoms with van der Waals surface area (Å²) >= 11 is 0. The molecule has 0 unspecified atom stereocenters. The second-order valence-electron chi connectivity index (χ2n) is 6.93. The summed E-state index contributed by atoms with van der Waals surface area (Å²) in [6.45, 7) is 3.77. The highest BCUT2D eigenvalue weighted by atomic mass is 19.4. The Hall–Kier alpha value is -1.51. The summed E-state index contributed by atoms with van der Waals surface area (Å²) in [6, 6.07) is 0. The zero-order valence-electron chi connectivity index (χ0n) is 16.0. The van der Waals surface area contributed by atoms with E-state index in [-0.39, 0.29) is 12.5 Å². The van der Waals surface area contributed by atoms with Crippen LogP contribution in [0.2, 0.25) is 0 Å². The smallest absolute Gasteiger partial charge is 0.356 e. The number of halogens is 3. The molecule has 1 saturated heterocycles. The van der Waals surface area contributed by atoms with E-state index in [1.54, 1.807) is 14.1 Å². The van der Waals surface area contributed by atoms with Gasteiger partial charge >= 0.3 is 6.18 Å². The first kappa shape index (κ1) is 22.5. The second-order valence-corrected chi connectivity index (χ2v) is 6.93. The number of hydrogen-bond donors (Lipinski definition) is 2. The van der Waals surface area contributed by atoms with Crippen molar-refractivity contribution in [2.75, 3.05) is 53.4 Å². The van der Waals surface area contributed by atoms with E-state index in [1.807, 2.05) is 6.92 Å². The lowest BCUT2D eigenvalue weighted by molar-refractivity contribution is -0.148. The van der Waals surface area contributed by atoms with Crippen LogP contribution in [-0.4, -0.2) is 81.2 Å². The van der Waals surface area contributed by atoms with Crippen LogP contribution in [0, 0.1) is 5.92 Å². The van der Waals surface area contributed by atoms with Gasteiger partial charge in [0, 0.05) is 27.2 Å². The average Bonchev–Trinajstić information content (AvgIpc) is 2.56. The van der Waals surface area contributed by atoms with Crippen LogP contribution in [0.25, 0.3) is 0 Å². The zero-order chi connectivity index (χ0) is 19.6. The first-order chi connectivity index (χ1) is 12.2. The van der Waals surface area contributed by atoms with E-state index < -0.39 is 12.7 Å². The van der Waals surface area contributed by atoms with E-state index in [2.05, 4.69) is 15.6 Å². The van der Waals surface area contributed by atoms with Crippen molar-refractivity contribution in [2.24, 2.45) is 10.9 Å². The molecular formula is C17H32F3N5O. The number of likely N-dealkylation sites (tertiary alicyclic amines) is 1. The Balaban J connectivity index is 2.33. The molecule has 1 aliphatic heterocycles. The first-order valence-corrected chi connectivity index (χ1v) is 9.22. The summed E-state index contributed by atoms with van der Waals surface area (Å²) in [4.78, 5) is 18.9. The molecule has 6 nitrogen and oxygen atoms in total. The molecule has 0 spiro atoms. The van der Waals surface area contributed by atoms with E-state index >= 15 is 0 Å². The van der Waals surface area contributed by atoms with Gasteiger partial charge in [0.2, 0.25) is 5.91 Å². The minimum atomic E-state index is -4.12. The van der Waals surface area contributed by atoms with Crippen molar-refractivity contribution in [3.05, 3.63) is 0 Å². The van der Waals surface area contributed by atoms with E-state index in [1.165, 1.54) is 9.80 Å². The van der Waals surface area contributed by atoms with E-state index in [0.29, 0.717) is 31.5 Å². The lowest BCUT2D eigenvalue weighted by atomic mass is 9.93. The number of nitrogens with one attached hydrogen (secondary N) is 2. The minimum absolute atomic E-state index is 0.0698. The number of carbonyl (C=O) groups excluding carboxylic acids is 1. The van der Waals surface area contributed by atoms with Crippen molar-refractivity contribution in [1.29, 1.82) is 0 Å². The summed E-state index contributed by atoms with van der Waals surface area (Å²) in [5.41, 5.74) is 0. The quantitative estimate of drug-likeness (QED) is 0.498. The Kier molecular flexibility index (Phi) is 9.75. The highest BCUT2D eigenvalue weighted by Gasteiger charge is 2.32. The van der Waals surface area contributed by atoms with Gasteiger partial charge in [-0.15, -0.1) is 0 Å². The number of rotatable bonds is 8. The molecule has 9 heteroatoms. The second kappa shape index (κ2) is 11.3. The predicted octanol–water partition coefficient (Wildman–Crippen LogP) is 1.68. The molecule has 0 aromatic heterocycles. The van der Waals surface area contributed by atoms with Gasteiger partial charge in [0.05, 0.1) is 6.54 Å². The molecule has 0 radical (unpaired) electrons. The van der Waals surface area contributed by atoms with E-state index in [0.717, 1.165) is 32.2 Å². The number of amides is 1. The molecule has 0 saturated carbocycles. The number of likely N-dealkylation sites (N-methyl/N-ethyl adjacent to an activating group) is 1. The molecule has 1 heterocycles. The maximum atomic E-state index is 12.4. The van der Waals surface area contributed by atoms with Crippen LogP contribution in [0.5, 0.6) is 0 Å². The topological polar surface area (TPSA) is 60.0 Å². The lowest BCUT2D eigenvalue weighted by Gasteiger charge is -2.32. The summed E-state index contributed by atoms with van der Waals surface area (Å²) in [7, 11) is 3.38. The molecule has 0 aromatic rings. The molecule has 2 N–H and O–H groups in total. The van der Waals surface area contributed by atoms with Crippen molar-refractivity contribution in [3.63, 3.8) is 0 Å². The monoisotopic (exact) mass is 379 g/mol. The third kappa shape index (κ3) is 9.84. The molecule has 1 aliphatic rings. The van der Waals surface area contributed by atoms with Crippen molar-refractivity contribution >= 4 is 11.9 Å². The number of nitrogens with zero attached hydrogens (tertiary/aromatic N) is 3. The van der Waals surface area contributed by atoms with E-state index in [4.69, 9.17) is 0 Å². The van der Waals surface area contributed by atoms with Gasteiger partial charge in [-0.2, -0.15) is 13.2 Å². The van der Waals surface area contributed by atoms with Gasteiger partial charge in [0.1, 0.15) is 6.54 Å². The predicted molar refractivity (Wildman–Crippen MR) is 97.1 cm³/mol. The Morgan fingerprint density at radius 2 is 1.81 bits per heavy atom. The van der Waals surface area contributed by atoms with Crippen LogP contribution < -0.4 is 10.6 Å². The summed E-state index contributed by atoms with van der Waals surface area (Å²) in [6.07, 6.45) is -0.722. The SMILES string of the molecule is CCCNC(=NCC(=O)N(C)C)NCCC1CCN(CC(F)(F)F)CC1. The summed E-state index contributed by atoms with van der Waals surface area (Å²) in [5, 5.41) is 6.39. The molecule has 0 atom stereocenters. The average molecular weight is 379 g/mol. The largest absolute Gasteiger partial charge is 0.401 e. The molecule has 1 fully saturated rings. The number of alkyl halides is 3. The molecule has 0 bridgehead atoms. The zero-order valence-corrected chi connectivity index (χ0v) is 16.0. The van der Waals surface area contributed by atoms with Crippen LogP contribution >= 0.6 is 0 Å². The Morgan fingerprint density at radius 3 is 2.35 bits per heavy atom. The Labute approximate surface area is 154 Å². The van der Waals surface area contributed by atoms with Crippen LogP contribution in [0.1, 0.15) is 32.6 Å². The third-order valence-corrected chi connectivity index (χ3v) is 4.37. The number of carbonyl (C=O) groups is 1. The Morgan fingerprint density at radius 1 is 1.19 bits per heavy atom. The molecule has 0 aromatic carbocycles. The number of aliphatic imine (C=N–C) groups is 1. The van der Waals surface area contributed by atoms with Gasteiger partial charge < -0.3 is 15.5 Å². The normalized spacial score (nSPS) is 17.2. The van der Waals surface area contributed by atoms with Gasteiger partial charge in [0.15, 0.2) is 5.96 Å². The fraction of sp³-hybridized carbons (Fsp3) is 0.882. The lowest BCUT2D eigenvalue weighted by Crippen LogP contribution is -2.42. The van der Waals surface area contributed by atoms with Gasteiger partial charge in [-0.3, -0.25) is 9.69 Å². The third-order valence-electron chi connectivity index (χ3n) is 4.37. The maximum Gasteiger partial charge on any atom is 0.401 e. The maximum absolute atomic E-state index is 12.4. The molecule has 1 amide bonds. The van der Waals surface area contributed by atoms with Crippen LogP contribution in [0.15, 0.2) is 4.99 Å². The molecule has 152 valence electrons. The number of hydrogen-bond acceptors (Lipinski definition) is 3. The molecule has 1 rings (SSSR count). The van der Waals surface area contributed by atoms with Gasteiger partial charge in [-0.05, 0) is 44.7 Å². The highest BCUT2D eigenvalue weighted by molar-refractivity contribution is 5.84. The minimum Gasteiger partial charge on any atom is -0.356 e. The summed E-state index contributed by atoms with van der Waals surface area (Å²) in [5.74, 6) is 0.957. The molecule has 26 heavy (non-hydrogen) atoms. The van der Waals surface area contributed by atoms with Crippen LogP contribution in [0.3, 0.4) is 0 Å². The van der Waals surface area contributed by atoms with E-state index in [9.17, 15) is 18.0 Å². The number of piperidine rings is 1. The van der Waals surface area contributed by atoms with Gasteiger partial charge in [0.25, 0.3) is 0 Å². The molecule has 0 aliphatic carbocycles. The fourth-order valence-electron chi connectivity index (χ4n) is 2.79.